The van der Waals surface area contributed by atoms with Crippen molar-refractivity contribution in [2.45, 2.75) is 57.2 Å². The van der Waals surface area contributed by atoms with E-state index in [0.29, 0.717) is 12.2 Å². The van der Waals surface area contributed by atoms with Crippen LogP contribution in [0.3, 0.4) is 0 Å². The highest BCUT2D eigenvalue weighted by molar-refractivity contribution is 6.20. The van der Waals surface area contributed by atoms with E-state index in [1.54, 1.807) is 0 Å². The molecule has 0 aromatic carbocycles. The summed E-state index contributed by atoms with van der Waals surface area (Å²) in [5.74, 6) is 0. The number of halogens is 1. The summed E-state index contributed by atoms with van der Waals surface area (Å²) in [6.07, 6.45) is 7.84. The third-order valence-electron chi connectivity index (χ3n) is 3.08. The van der Waals surface area contributed by atoms with Gasteiger partial charge in [0.25, 0.3) is 0 Å². The van der Waals surface area contributed by atoms with Crippen LogP contribution >= 0.6 is 11.6 Å². The first-order chi connectivity index (χ1) is 7.69. The zero-order valence-corrected chi connectivity index (χ0v) is 10.7. The zero-order valence-electron chi connectivity index (χ0n) is 9.90. The minimum Gasteiger partial charge on any atom is -0.373 e. The Morgan fingerprint density at radius 1 is 1.62 bits per heavy atom. The highest BCUT2D eigenvalue weighted by Crippen LogP contribution is 2.24. The lowest BCUT2D eigenvalue weighted by atomic mass is 10.2. The van der Waals surface area contributed by atoms with Crippen LogP contribution in [0.1, 0.15) is 44.1 Å². The van der Waals surface area contributed by atoms with Gasteiger partial charge >= 0.3 is 0 Å². The average molecular weight is 243 g/mol. The second kappa shape index (κ2) is 5.19. The molecule has 4 heteroatoms. The van der Waals surface area contributed by atoms with Gasteiger partial charge < -0.3 is 4.74 Å². The molecule has 3 unspecified atom stereocenters. The molecule has 1 fully saturated rings. The molecule has 0 saturated carbocycles. The minimum atomic E-state index is 0.0807. The van der Waals surface area contributed by atoms with Gasteiger partial charge in [0, 0.05) is 11.8 Å². The average Bonchev–Trinajstić information content (AvgIpc) is 2.87. The second-order valence-corrected chi connectivity index (χ2v) is 5.04. The molecule has 1 aromatic heterocycles. The normalized spacial score (nSPS) is 27.2. The van der Waals surface area contributed by atoms with E-state index in [1.807, 2.05) is 17.1 Å². The number of hydrogen-bond donors (Lipinski definition) is 0. The number of alkyl halides is 1. The van der Waals surface area contributed by atoms with Crippen LogP contribution in [0.4, 0.5) is 0 Å². The Balaban J connectivity index is 1.92. The molecule has 0 spiro atoms. The van der Waals surface area contributed by atoms with Crippen LogP contribution < -0.4 is 0 Å². The molecule has 2 heterocycles. The molecular weight excluding hydrogens is 224 g/mol. The quantitative estimate of drug-likeness (QED) is 0.759. The van der Waals surface area contributed by atoms with Crippen molar-refractivity contribution >= 4 is 11.6 Å². The molecular formula is C12H19ClN2O. The maximum atomic E-state index is 6.16. The summed E-state index contributed by atoms with van der Waals surface area (Å²) >= 11 is 6.16. The predicted molar refractivity (Wildman–Crippen MR) is 64.7 cm³/mol. The summed E-state index contributed by atoms with van der Waals surface area (Å²) in [5, 5.41) is 4.41. The second-order valence-electron chi connectivity index (χ2n) is 4.52. The van der Waals surface area contributed by atoms with E-state index in [4.69, 9.17) is 16.3 Å². The van der Waals surface area contributed by atoms with Gasteiger partial charge in [0.05, 0.1) is 30.3 Å². The molecule has 2 rings (SSSR count). The summed E-state index contributed by atoms with van der Waals surface area (Å²) in [7, 11) is 0. The number of rotatable bonds is 4. The number of aromatic nitrogens is 2. The number of hydrogen-bond acceptors (Lipinski definition) is 2. The summed E-state index contributed by atoms with van der Waals surface area (Å²) in [4.78, 5) is 0. The maximum Gasteiger partial charge on any atom is 0.0775 e. The van der Waals surface area contributed by atoms with Gasteiger partial charge in [-0.2, -0.15) is 5.10 Å². The van der Waals surface area contributed by atoms with Crippen LogP contribution in [0.5, 0.6) is 0 Å². The van der Waals surface area contributed by atoms with E-state index in [-0.39, 0.29) is 5.38 Å². The monoisotopic (exact) mass is 242 g/mol. The van der Waals surface area contributed by atoms with E-state index in [0.717, 1.165) is 31.4 Å². The Hall–Kier alpha value is -0.540. The molecule has 1 aliphatic heterocycles. The predicted octanol–water partition coefficient (Wildman–Crippen LogP) is 3.14. The Labute approximate surface area is 102 Å². The molecule has 1 saturated heterocycles. The summed E-state index contributed by atoms with van der Waals surface area (Å²) in [5.41, 5.74) is 1.11. The zero-order chi connectivity index (χ0) is 11.5. The van der Waals surface area contributed by atoms with E-state index in [2.05, 4.69) is 18.9 Å². The Kier molecular flexibility index (Phi) is 3.87. The van der Waals surface area contributed by atoms with Crippen LogP contribution in [0, 0.1) is 0 Å². The van der Waals surface area contributed by atoms with Crippen LogP contribution in [-0.2, 0) is 11.3 Å². The maximum absolute atomic E-state index is 6.16. The van der Waals surface area contributed by atoms with Crippen molar-refractivity contribution in [1.82, 2.24) is 9.78 Å². The molecule has 0 aliphatic carbocycles. The fourth-order valence-electron chi connectivity index (χ4n) is 2.11. The van der Waals surface area contributed by atoms with Crippen molar-refractivity contribution in [2.24, 2.45) is 0 Å². The van der Waals surface area contributed by atoms with Crippen LogP contribution in [0.15, 0.2) is 12.4 Å². The molecule has 16 heavy (non-hydrogen) atoms. The summed E-state index contributed by atoms with van der Waals surface area (Å²) < 4.78 is 7.71. The first kappa shape index (κ1) is 11.9. The van der Waals surface area contributed by atoms with Crippen molar-refractivity contribution in [3.63, 3.8) is 0 Å². The lowest BCUT2D eigenvalue weighted by Crippen LogP contribution is -2.16. The molecule has 1 aliphatic rings. The Morgan fingerprint density at radius 3 is 3.06 bits per heavy atom. The first-order valence-electron chi connectivity index (χ1n) is 6.01. The van der Waals surface area contributed by atoms with E-state index in [1.165, 1.54) is 0 Å². The molecule has 0 radical (unpaired) electrons. The topological polar surface area (TPSA) is 27.1 Å². The highest BCUT2D eigenvalue weighted by atomic mass is 35.5. The SMILES string of the molecule is CCC(Cl)c1cnn(CC2CCC(C)O2)c1. The lowest BCUT2D eigenvalue weighted by molar-refractivity contribution is 0.0437. The fraction of sp³-hybridized carbons (Fsp3) is 0.750. The number of ether oxygens (including phenoxy) is 1. The fourth-order valence-corrected chi connectivity index (χ4v) is 2.22. The molecule has 90 valence electrons. The standard InChI is InChI=1S/C12H19ClN2O/c1-3-12(13)10-6-14-15(7-10)8-11-5-4-9(2)16-11/h6-7,9,11-12H,3-5,8H2,1-2H3. The van der Waals surface area contributed by atoms with Crippen molar-refractivity contribution in [2.75, 3.05) is 0 Å². The van der Waals surface area contributed by atoms with Gasteiger partial charge in [-0.25, -0.2) is 0 Å². The van der Waals surface area contributed by atoms with Gasteiger partial charge in [-0.15, -0.1) is 11.6 Å². The molecule has 0 N–H and O–H groups in total. The van der Waals surface area contributed by atoms with Gasteiger partial charge in [0.15, 0.2) is 0 Å². The van der Waals surface area contributed by atoms with Crippen LogP contribution in [-0.4, -0.2) is 22.0 Å². The molecule has 3 nitrogen and oxygen atoms in total. The van der Waals surface area contributed by atoms with Crippen molar-refractivity contribution in [3.8, 4) is 0 Å². The smallest absolute Gasteiger partial charge is 0.0775 e. The van der Waals surface area contributed by atoms with E-state index < -0.39 is 0 Å². The first-order valence-corrected chi connectivity index (χ1v) is 6.44. The molecule has 0 amide bonds. The van der Waals surface area contributed by atoms with E-state index in [9.17, 15) is 0 Å². The van der Waals surface area contributed by atoms with Gasteiger partial charge in [0.2, 0.25) is 0 Å². The Bertz CT molecular complexity index is 340. The van der Waals surface area contributed by atoms with Gasteiger partial charge in [0.1, 0.15) is 0 Å². The Morgan fingerprint density at radius 2 is 2.44 bits per heavy atom. The van der Waals surface area contributed by atoms with Gasteiger partial charge in [-0.1, -0.05) is 6.92 Å². The molecule has 0 bridgehead atoms. The van der Waals surface area contributed by atoms with Gasteiger partial charge in [-0.05, 0) is 26.2 Å². The van der Waals surface area contributed by atoms with E-state index >= 15 is 0 Å². The van der Waals surface area contributed by atoms with Crippen molar-refractivity contribution in [3.05, 3.63) is 18.0 Å². The minimum absolute atomic E-state index is 0.0807. The highest BCUT2D eigenvalue weighted by Gasteiger charge is 2.22. The summed E-state index contributed by atoms with van der Waals surface area (Å²) in [6.45, 7) is 5.05. The number of nitrogens with zero attached hydrogens (tertiary/aromatic N) is 2. The third-order valence-corrected chi connectivity index (χ3v) is 3.64. The largest absolute Gasteiger partial charge is 0.373 e. The van der Waals surface area contributed by atoms with Crippen molar-refractivity contribution < 1.29 is 4.74 Å². The lowest BCUT2D eigenvalue weighted by Gasteiger charge is -2.10. The van der Waals surface area contributed by atoms with Crippen LogP contribution in [0.25, 0.3) is 0 Å². The molecule has 3 atom stereocenters. The van der Waals surface area contributed by atoms with Gasteiger partial charge in [-0.3, -0.25) is 4.68 Å². The van der Waals surface area contributed by atoms with Crippen molar-refractivity contribution in [1.29, 1.82) is 0 Å². The molecule has 1 aromatic rings. The van der Waals surface area contributed by atoms with Crippen LogP contribution in [0.2, 0.25) is 0 Å². The summed E-state index contributed by atoms with van der Waals surface area (Å²) in [6, 6.07) is 0. The third kappa shape index (κ3) is 2.77.